The van der Waals surface area contributed by atoms with E-state index in [-0.39, 0.29) is 6.42 Å². The maximum absolute atomic E-state index is 10.7. The topological polar surface area (TPSA) is 50.2 Å². The molecular formula is C14H15NO2S2. The van der Waals surface area contributed by atoms with Crippen LogP contribution in [-0.2, 0) is 11.2 Å². The molecule has 1 aromatic carbocycles. The molecule has 0 unspecified atom stereocenters. The van der Waals surface area contributed by atoms with E-state index in [0.717, 1.165) is 17.0 Å². The predicted molar refractivity (Wildman–Crippen MR) is 80.0 cm³/mol. The highest BCUT2D eigenvalue weighted by molar-refractivity contribution is 7.99. The molecule has 5 heteroatoms. The van der Waals surface area contributed by atoms with E-state index in [1.54, 1.807) is 11.8 Å². The van der Waals surface area contributed by atoms with Crippen LogP contribution in [0, 0.1) is 6.92 Å². The molecule has 0 fully saturated rings. The van der Waals surface area contributed by atoms with Crippen molar-refractivity contribution in [3.05, 3.63) is 34.2 Å². The van der Waals surface area contributed by atoms with Crippen molar-refractivity contribution in [2.24, 2.45) is 0 Å². The van der Waals surface area contributed by atoms with E-state index in [2.05, 4.69) is 37.0 Å². The van der Waals surface area contributed by atoms with Crippen molar-refractivity contribution in [3.8, 4) is 11.3 Å². The zero-order valence-electron chi connectivity index (χ0n) is 10.8. The number of nitrogens with zero attached hydrogens (tertiary/aromatic N) is 1. The zero-order chi connectivity index (χ0) is 13.8. The first-order valence-electron chi connectivity index (χ1n) is 6.00. The molecule has 0 amide bonds. The minimum absolute atomic E-state index is 0.00721. The molecule has 0 spiro atoms. The molecule has 2 rings (SSSR count). The first-order chi connectivity index (χ1) is 9.10. The minimum Gasteiger partial charge on any atom is -0.481 e. The fraction of sp³-hybridized carbons (Fsp3) is 0.286. The Kier molecular flexibility index (Phi) is 4.61. The van der Waals surface area contributed by atoms with Gasteiger partial charge in [-0.2, -0.15) is 0 Å². The van der Waals surface area contributed by atoms with Gasteiger partial charge in [-0.1, -0.05) is 18.6 Å². The molecule has 0 aliphatic heterocycles. The van der Waals surface area contributed by atoms with Crippen LogP contribution in [0.2, 0.25) is 0 Å². The molecule has 2 aromatic rings. The van der Waals surface area contributed by atoms with Gasteiger partial charge in [0, 0.05) is 15.8 Å². The average molecular weight is 293 g/mol. The van der Waals surface area contributed by atoms with E-state index in [4.69, 9.17) is 5.11 Å². The van der Waals surface area contributed by atoms with Gasteiger partial charge in [0.15, 0.2) is 0 Å². The van der Waals surface area contributed by atoms with Crippen LogP contribution in [-0.4, -0.2) is 21.8 Å². The summed E-state index contributed by atoms with van der Waals surface area (Å²) in [5.41, 5.74) is 3.16. The Balaban J connectivity index is 2.37. The van der Waals surface area contributed by atoms with Crippen molar-refractivity contribution in [1.82, 2.24) is 4.98 Å². The highest BCUT2D eigenvalue weighted by atomic mass is 32.2. The zero-order valence-corrected chi connectivity index (χ0v) is 12.5. The van der Waals surface area contributed by atoms with E-state index in [9.17, 15) is 4.79 Å². The Hall–Kier alpha value is -1.33. The number of hydrogen-bond donors (Lipinski definition) is 1. The number of thioether (sulfide) groups is 1. The number of carbonyl (C=O) groups is 1. The van der Waals surface area contributed by atoms with Crippen LogP contribution in [0.1, 0.15) is 17.5 Å². The third kappa shape index (κ3) is 3.58. The molecule has 1 heterocycles. The van der Waals surface area contributed by atoms with Gasteiger partial charge in [0.05, 0.1) is 12.1 Å². The van der Waals surface area contributed by atoms with Crippen LogP contribution in [0.5, 0.6) is 0 Å². The fourth-order valence-electron chi connectivity index (χ4n) is 1.77. The van der Waals surface area contributed by atoms with E-state index < -0.39 is 5.97 Å². The largest absolute Gasteiger partial charge is 0.481 e. The lowest BCUT2D eigenvalue weighted by Gasteiger charge is -2.07. The van der Waals surface area contributed by atoms with Gasteiger partial charge in [-0.05, 0) is 24.8 Å². The molecule has 0 atom stereocenters. The Bertz CT molecular complexity index is 593. The summed E-state index contributed by atoms with van der Waals surface area (Å²) in [5.74, 6) is 0.163. The number of rotatable bonds is 5. The van der Waals surface area contributed by atoms with Crippen molar-refractivity contribution in [3.63, 3.8) is 0 Å². The van der Waals surface area contributed by atoms with Crippen molar-refractivity contribution in [2.45, 2.75) is 25.2 Å². The van der Waals surface area contributed by atoms with Crippen molar-refractivity contribution in [2.75, 3.05) is 5.75 Å². The van der Waals surface area contributed by atoms with Gasteiger partial charge in [-0.3, -0.25) is 4.79 Å². The third-order valence-electron chi connectivity index (χ3n) is 2.57. The van der Waals surface area contributed by atoms with Gasteiger partial charge in [-0.15, -0.1) is 23.1 Å². The first kappa shape index (κ1) is 14.1. The van der Waals surface area contributed by atoms with Gasteiger partial charge in [0.1, 0.15) is 5.01 Å². The second-order valence-corrected chi connectivity index (χ2v) is 6.38. The van der Waals surface area contributed by atoms with Crippen LogP contribution >= 0.6 is 23.1 Å². The van der Waals surface area contributed by atoms with E-state index in [1.165, 1.54) is 21.8 Å². The molecule has 1 N–H and O–H groups in total. The Morgan fingerprint density at radius 3 is 2.95 bits per heavy atom. The van der Waals surface area contributed by atoms with Gasteiger partial charge < -0.3 is 5.11 Å². The van der Waals surface area contributed by atoms with Crippen molar-refractivity contribution >= 4 is 29.1 Å². The van der Waals surface area contributed by atoms with Crippen LogP contribution in [0.4, 0.5) is 0 Å². The number of aryl methyl sites for hydroxylation is 1. The summed E-state index contributed by atoms with van der Waals surface area (Å²) in [7, 11) is 0. The number of aliphatic carboxylic acids is 1. The molecule has 0 aliphatic carbocycles. The lowest BCUT2D eigenvalue weighted by molar-refractivity contribution is -0.136. The number of aromatic nitrogens is 1. The monoisotopic (exact) mass is 293 g/mol. The lowest BCUT2D eigenvalue weighted by Crippen LogP contribution is -1.99. The molecule has 3 nitrogen and oxygen atoms in total. The summed E-state index contributed by atoms with van der Waals surface area (Å²) in [4.78, 5) is 16.3. The number of benzene rings is 1. The maximum atomic E-state index is 10.7. The minimum atomic E-state index is -0.840. The predicted octanol–water partition coefficient (Wildman–Crippen LogP) is 3.86. The Labute approximate surface area is 120 Å². The number of hydrogen-bond acceptors (Lipinski definition) is 4. The first-order valence-corrected chi connectivity index (χ1v) is 7.86. The summed E-state index contributed by atoms with van der Waals surface area (Å²) < 4.78 is 0. The molecule has 0 aliphatic rings. The van der Waals surface area contributed by atoms with Crippen molar-refractivity contribution in [1.29, 1.82) is 0 Å². The summed E-state index contributed by atoms with van der Waals surface area (Å²) in [6.07, 6.45) is -0.00721. The third-order valence-corrected chi connectivity index (χ3v) is 4.37. The standard InChI is InChI=1S/C14H15NO2S2/c1-3-18-12-5-4-9(2)6-10(12)11-8-19-13(15-11)7-14(16)17/h4-6,8H,3,7H2,1-2H3,(H,16,17). The van der Waals surface area contributed by atoms with Gasteiger partial charge in [-0.25, -0.2) is 4.98 Å². The normalized spacial score (nSPS) is 10.6. The maximum Gasteiger partial charge on any atom is 0.310 e. The summed E-state index contributed by atoms with van der Waals surface area (Å²) in [6, 6.07) is 6.30. The van der Waals surface area contributed by atoms with E-state index >= 15 is 0 Å². The van der Waals surface area contributed by atoms with Gasteiger partial charge in [0.2, 0.25) is 0 Å². The number of carboxylic acids is 1. The number of thiazole rings is 1. The van der Waals surface area contributed by atoms with Gasteiger partial charge in [0.25, 0.3) is 0 Å². The van der Waals surface area contributed by atoms with Crippen LogP contribution in [0.25, 0.3) is 11.3 Å². The molecule has 0 bridgehead atoms. The summed E-state index contributed by atoms with van der Waals surface area (Å²) in [5, 5.41) is 11.4. The molecule has 1 aromatic heterocycles. The van der Waals surface area contributed by atoms with Crippen molar-refractivity contribution < 1.29 is 9.90 Å². The second kappa shape index (κ2) is 6.21. The molecule has 0 saturated heterocycles. The lowest BCUT2D eigenvalue weighted by atomic mass is 10.1. The van der Waals surface area contributed by atoms with Crippen LogP contribution in [0.15, 0.2) is 28.5 Å². The molecule has 100 valence electrons. The summed E-state index contributed by atoms with van der Waals surface area (Å²) >= 11 is 3.18. The highest BCUT2D eigenvalue weighted by Gasteiger charge is 2.11. The fourth-order valence-corrected chi connectivity index (χ4v) is 3.35. The highest BCUT2D eigenvalue weighted by Crippen LogP contribution is 2.33. The van der Waals surface area contributed by atoms with Gasteiger partial charge >= 0.3 is 5.97 Å². The van der Waals surface area contributed by atoms with E-state index in [1.807, 2.05) is 5.38 Å². The second-order valence-electron chi connectivity index (χ2n) is 4.13. The van der Waals surface area contributed by atoms with Crippen LogP contribution in [0.3, 0.4) is 0 Å². The van der Waals surface area contributed by atoms with E-state index in [0.29, 0.717) is 5.01 Å². The Morgan fingerprint density at radius 2 is 2.26 bits per heavy atom. The average Bonchev–Trinajstić information content (AvgIpc) is 2.79. The Morgan fingerprint density at radius 1 is 1.47 bits per heavy atom. The quantitative estimate of drug-likeness (QED) is 0.851. The molecule has 0 radical (unpaired) electrons. The van der Waals surface area contributed by atoms with Crippen LogP contribution < -0.4 is 0 Å². The molecule has 19 heavy (non-hydrogen) atoms. The number of carboxylic acid groups (broad SMARTS) is 1. The summed E-state index contributed by atoms with van der Waals surface area (Å²) in [6.45, 7) is 4.17. The SMILES string of the molecule is CCSc1ccc(C)cc1-c1csc(CC(=O)O)n1. The smallest absolute Gasteiger partial charge is 0.310 e. The molecular weight excluding hydrogens is 278 g/mol. The molecule has 0 saturated carbocycles.